The molecule has 4 nitrogen and oxygen atoms in total. The Morgan fingerprint density at radius 2 is 2.00 bits per heavy atom. The Bertz CT molecular complexity index is 581. The first-order valence-electron chi connectivity index (χ1n) is 7.50. The van der Waals surface area contributed by atoms with Crippen molar-refractivity contribution in [2.24, 2.45) is 5.41 Å². The van der Waals surface area contributed by atoms with Crippen molar-refractivity contribution in [3.63, 3.8) is 0 Å². The van der Waals surface area contributed by atoms with E-state index in [-0.39, 0.29) is 5.41 Å². The van der Waals surface area contributed by atoms with Gasteiger partial charge in [0.15, 0.2) is 0 Å². The summed E-state index contributed by atoms with van der Waals surface area (Å²) in [5.41, 5.74) is 0.131. The normalized spacial score (nSPS) is 16.4. The van der Waals surface area contributed by atoms with Crippen molar-refractivity contribution in [3.8, 4) is 0 Å². The highest BCUT2D eigenvalue weighted by Crippen LogP contribution is 2.27. The summed E-state index contributed by atoms with van der Waals surface area (Å²) in [5.74, 6) is 0. The van der Waals surface area contributed by atoms with E-state index in [0.29, 0.717) is 17.5 Å². The summed E-state index contributed by atoms with van der Waals surface area (Å²) in [7, 11) is -3.38. The van der Waals surface area contributed by atoms with Gasteiger partial charge in [-0.1, -0.05) is 20.8 Å². The maximum Gasteiger partial charge on any atom is 0.241 e. The number of nitrogens with one attached hydrogen (secondary N) is 2. The van der Waals surface area contributed by atoms with E-state index >= 15 is 0 Å². The van der Waals surface area contributed by atoms with Crippen LogP contribution in [0, 0.1) is 12.3 Å². The van der Waals surface area contributed by atoms with Crippen LogP contribution in [0.1, 0.15) is 49.8 Å². The van der Waals surface area contributed by atoms with E-state index in [2.05, 4.69) is 30.8 Å². The summed E-state index contributed by atoms with van der Waals surface area (Å²) >= 11 is 1.57. The summed E-state index contributed by atoms with van der Waals surface area (Å²) in [6.07, 6.45) is 3.30. The molecule has 0 saturated heterocycles. The van der Waals surface area contributed by atoms with Gasteiger partial charge in [-0.25, -0.2) is 13.1 Å². The monoisotopic (exact) mass is 330 g/mol. The second kappa shape index (κ2) is 6.36. The van der Waals surface area contributed by atoms with Crippen LogP contribution in [-0.4, -0.2) is 21.0 Å². The molecule has 21 heavy (non-hydrogen) atoms. The van der Waals surface area contributed by atoms with E-state index in [1.54, 1.807) is 11.3 Å². The molecule has 120 valence electrons. The number of thiophene rings is 1. The van der Waals surface area contributed by atoms with E-state index in [9.17, 15) is 8.42 Å². The zero-order valence-corrected chi connectivity index (χ0v) is 15.0. The molecular formula is C15H26N2O2S2. The standard InChI is InChI=1S/C15H26N2O2S2/c1-11-14(9-13(20-11)10-16-12-5-6-12)21(18,19)17-8-7-15(2,3)4/h9,12,16-17H,5-8,10H2,1-4H3. The number of sulfonamides is 1. The third kappa shape index (κ3) is 5.36. The largest absolute Gasteiger partial charge is 0.309 e. The second-order valence-electron chi connectivity index (χ2n) is 7.00. The molecule has 1 saturated carbocycles. The number of aryl methyl sites for hydroxylation is 1. The molecule has 0 aromatic carbocycles. The van der Waals surface area contributed by atoms with Crippen molar-refractivity contribution < 1.29 is 8.42 Å². The summed E-state index contributed by atoms with van der Waals surface area (Å²) in [5, 5.41) is 3.42. The molecule has 0 aliphatic heterocycles. The van der Waals surface area contributed by atoms with Crippen molar-refractivity contribution in [2.45, 2.75) is 64.4 Å². The number of hydrogen-bond acceptors (Lipinski definition) is 4. The average molecular weight is 331 g/mol. The smallest absolute Gasteiger partial charge is 0.241 e. The Kier molecular flexibility index (Phi) is 5.13. The third-order valence-corrected chi connectivity index (χ3v) is 6.29. The Hall–Kier alpha value is -0.430. The van der Waals surface area contributed by atoms with Gasteiger partial charge >= 0.3 is 0 Å². The van der Waals surface area contributed by atoms with Gasteiger partial charge in [-0.2, -0.15) is 0 Å². The molecule has 2 rings (SSSR count). The molecule has 6 heteroatoms. The fraction of sp³-hybridized carbons (Fsp3) is 0.733. The lowest BCUT2D eigenvalue weighted by Crippen LogP contribution is -2.27. The molecule has 1 aliphatic carbocycles. The van der Waals surface area contributed by atoms with Crippen LogP contribution in [0.3, 0.4) is 0 Å². The van der Waals surface area contributed by atoms with E-state index in [0.717, 1.165) is 22.7 Å². The van der Waals surface area contributed by atoms with Crippen LogP contribution in [0.15, 0.2) is 11.0 Å². The highest BCUT2D eigenvalue weighted by atomic mass is 32.2. The number of rotatable bonds is 7. The van der Waals surface area contributed by atoms with Gasteiger partial charge in [0.2, 0.25) is 10.0 Å². The van der Waals surface area contributed by atoms with Gasteiger partial charge in [-0.15, -0.1) is 11.3 Å². The summed E-state index contributed by atoms with van der Waals surface area (Å²) in [6, 6.07) is 2.45. The van der Waals surface area contributed by atoms with Crippen LogP contribution in [0.25, 0.3) is 0 Å². The molecule has 2 N–H and O–H groups in total. The fourth-order valence-corrected chi connectivity index (χ4v) is 4.66. The van der Waals surface area contributed by atoms with Crippen LogP contribution in [0.4, 0.5) is 0 Å². The second-order valence-corrected chi connectivity index (χ2v) is 10.1. The average Bonchev–Trinajstić information content (AvgIpc) is 3.07. The maximum atomic E-state index is 12.4. The van der Waals surface area contributed by atoms with Gasteiger partial charge in [-0.3, -0.25) is 0 Å². The zero-order chi connectivity index (χ0) is 15.7. The van der Waals surface area contributed by atoms with Crippen molar-refractivity contribution in [1.29, 1.82) is 0 Å². The van der Waals surface area contributed by atoms with Crippen molar-refractivity contribution >= 4 is 21.4 Å². The van der Waals surface area contributed by atoms with Gasteiger partial charge in [-0.05, 0) is 37.7 Å². The van der Waals surface area contributed by atoms with Crippen molar-refractivity contribution in [3.05, 3.63) is 15.8 Å². The first-order chi connectivity index (χ1) is 9.67. The molecule has 0 radical (unpaired) electrons. The SMILES string of the molecule is Cc1sc(CNC2CC2)cc1S(=O)(=O)NCCC(C)(C)C. The van der Waals surface area contributed by atoms with Crippen LogP contribution >= 0.6 is 11.3 Å². The van der Waals surface area contributed by atoms with Gasteiger partial charge in [0.1, 0.15) is 0 Å². The van der Waals surface area contributed by atoms with Crippen molar-refractivity contribution in [2.75, 3.05) is 6.54 Å². The van der Waals surface area contributed by atoms with Gasteiger partial charge < -0.3 is 5.32 Å². The molecule has 0 atom stereocenters. The van der Waals surface area contributed by atoms with Crippen molar-refractivity contribution in [1.82, 2.24) is 10.0 Å². The predicted molar refractivity (Wildman–Crippen MR) is 88.2 cm³/mol. The zero-order valence-electron chi connectivity index (χ0n) is 13.3. The summed E-state index contributed by atoms with van der Waals surface area (Å²) in [4.78, 5) is 2.40. The minimum Gasteiger partial charge on any atom is -0.309 e. The Morgan fingerprint density at radius 3 is 2.57 bits per heavy atom. The Morgan fingerprint density at radius 1 is 1.33 bits per heavy atom. The molecule has 0 bridgehead atoms. The highest BCUT2D eigenvalue weighted by molar-refractivity contribution is 7.89. The maximum absolute atomic E-state index is 12.4. The molecule has 0 unspecified atom stereocenters. The molecule has 1 aromatic rings. The fourth-order valence-electron chi connectivity index (χ4n) is 2.05. The minimum atomic E-state index is -3.38. The number of hydrogen-bond donors (Lipinski definition) is 2. The van der Waals surface area contributed by atoms with Gasteiger partial charge in [0.05, 0.1) is 4.90 Å². The van der Waals surface area contributed by atoms with Crippen LogP contribution in [0.2, 0.25) is 0 Å². The summed E-state index contributed by atoms with van der Waals surface area (Å²) < 4.78 is 27.5. The van der Waals surface area contributed by atoms with Crippen LogP contribution < -0.4 is 10.0 Å². The lowest BCUT2D eigenvalue weighted by Gasteiger charge is -2.18. The highest BCUT2D eigenvalue weighted by Gasteiger charge is 2.23. The molecule has 0 spiro atoms. The molecule has 1 aliphatic rings. The van der Waals surface area contributed by atoms with Gasteiger partial charge in [0.25, 0.3) is 0 Å². The van der Waals surface area contributed by atoms with Crippen LogP contribution in [0.5, 0.6) is 0 Å². The van der Waals surface area contributed by atoms with Crippen LogP contribution in [-0.2, 0) is 16.6 Å². The topological polar surface area (TPSA) is 58.2 Å². The predicted octanol–water partition coefficient (Wildman–Crippen LogP) is 3.02. The van der Waals surface area contributed by atoms with E-state index < -0.39 is 10.0 Å². The molecule has 1 fully saturated rings. The molecule has 1 aromatic heterocycles. The third-order valence-electron chi connectivity index (χ3n) is 3.52. The Labute approximate surface area is 132 Å². The molecular weight excluding hydrogens is 304 g/mol. The van der Waals surface area contributed by atoms with E-state index in [4.69, 9.17) is 0 Å². The lowest BCUT2D eigenvalue weighted by atomic mass is 9.93. The van der Waals surface area contributed by atoms with Gasteiger partial charge in [0, 0.05) is 28.9 Å². The minimum absolute atomic E-state index is 0.131. The lowest BCUT2D eigenvalue weighted by molar-refractivity contribution is 0.378. The van der Waals surface area contributed by atoms with E-state index in [1.807, 2.05) is 13.0 Å². The van der Waals surface area contributed by atoms with E-state index in [1.165, 1.54) is 12.8 Å². The first kappa shape index (κ1) is 16.9. The molecule has 1 heterocycles. The quantitative estimate of drug-likeness (QED) is 0.808. The summed E-state index contributed by atoms with van der Waals surface area (Å²) in [6.45, 7) is 9.46. The Balaban J connectivity index is 1.97. The first-order valence-corrected chi connectivity index (χ1v) is 9.80. The molecule has 0 amide bonds.